The van der Waals surface area contributed by atoms with Gasteiger partial charge < -0.3 is 9.63 Å². The Labute approximate surface area is 127 Å². The number of aryl methyl sites for hydroxylation is 1. The molecule has 1 N–H and O–H groups in total. The van der Waals surface area contributed by atoms with Gasteiger partial charge in [-0.2, -0.15) is 4.98 Å². The molecule has 7 heteroatoms. The predicted molar refractivity (Wildman–Crippen MR) is 80.3 cm³/mol. The van der Waals surface area contributed by atoms with Gasteiger partial charge in [-0.15, -0.1) is 11.3 Å². The molecule has 0 spiro atoms. The summed E-state index contributed by atoms with van der Waals surface area (Å²) in [5, 5.41) is 14.8. The summed E-state index contributed by atoms with van der Waals surface area (Å²) >= 11 is 1.57. The lowest BCUT2D eigenvalue weighted by Gasteiger charge is -2.18. The van der Waals surface area contributed by atoms with Gasteiger partial charge in [-0.1, -0.05) is 18.1 Å². The van der Waals surface area contributed by atoms with Crippen LogP contribution in [-0.4, -0.2) is 45.8 Å². The third-order valence-corrected chi connectivity index (χ3v) is 3.84. The lowest BCUT2D eigenvalue weighted by molar-refractivity contribution is -0.138. The van der Waals surface area contributed by atoms with Crippen molar-refractivity contribution in [2.24, 2.45) is 0 Å². The van der Waals surface area contributed by atoms with Crippen LogP contribution < -0.4 is 0 Å². The van der Waals surface area contributed by atoms with Crippen LogP contribution in [0.1, 0.15) is 25.7 Å². The molecule has 2 aromatic heterocycles. The van der Waals surface area contributed by atoms with E-state index in [4.69, 9.17) is 9.63 Å². The molecule has 0 bridgehead atoms. The lowest BCUT2D eigenvalue weighted by atomic mass is 10.2. The normalized spacial score (nSPS) is 11.1. The fourth-order valence-electron chi connectivity index (χ4n) is 2.09. The average molecular weight is 309 g/mol. The Bertz CT molecular complexity index is 554. The molecule has 0 aliphatic rings. The van der Waals surface area contributed by atoms with Gasteiger partial charge in [0, 0.05) is 6.42 Å². The van der Waals surface area contributed by atoms with Crippen LogP contribution in [0.3, 0.4) is 0 Å². The van der Waals surface area contributed by atoms with E-state index in [0.717, 1.165) is 30.8 Å². The molecule has 114 valence electrons. The summed E-state index contributed by atoms with van der Waals surface area (Å²) in [5.41, 5.74) is 0. The first-order chi connectivity index (χ1) is 10.2. The maximum atomic E-state index is 10.8. The number of nitrogens with zero attached hydrogens (tertiary/aromatic N) is 3. The summed E-state index contributed by atoms with van der Waals surface area (Å²) in [7, 11) is 0. The van der Waals surface area contributed by atoms with E-state index in [1.165, 1.54) is 0 Å². The SMILES string of the molecule is CCCN(CCCc1nc(-c2cccs2)no1)CC(=O)O. The number of carboxylic acids is 1. The number of aliphatic carboxylic acids is 1. The van der Waals surface area contributed by atoms with E-state index in [1.54, 1.807) is 11.3 Å². The van der Waals surface area contributed by atoms with Crippen molar-refractivity contribution in [2.45, 2.75) is 26.2 Å². The minimum Gasteiger partial charge on any atom is -0.480 e. The number of carbonyl (C=O) groups is 1. The van der Waals surface area contributed by atoms with Crippen LogP contribution in [0.15, 0.2) is 22.0 Å². The van der Waals surface area contributed by atoms with E-state index < -0.39 is 5.97 Å². The van der Waals surface area contributed by atoms with E-state index in [0.29, 0.717) is 18.1 Å². The summed E-state index contributed by atoms with van der Waals surface area (Å²) in [4.78, 5) is 18.0. The third kappa shape index (κ3) is 4.95. The third-order valence-electron chi connectivity index (χ3n) is 2.97. The van der Waals surface area contributed by atoms with E-state index >= 15 is 0 Å². The van der Waals surface area contributed by atoms with Crippen LogP contribution in [0.25, 0.3) is 10.7 Å². The molecule has 2 rings (SSSR count). The first-order valence-electron chi connectivity index (χ1n) is 6.99. The quantitative estimate of drug-likeness (QED) is 0.766. The summed E-state index contributed by atoms with van der Waals surface area (Å²) in [5.74, 6) is 0.433. The average Bonchev–Trinajstić information content (AvgIpc) is 3.08. The van der Waals surface area contributed by atoms with Crippen molar-refractivity contribution >= 4 is 17.3 Å². The lowest BCUT2D eigenvalue weighted by Crippen LogP contribution is -2.31. The van der Waals surface area contributed by atoms with Crippen molar-refractivity contribution < 1.29 is 14.4 Å². The van der Waals surface area contributed by atoms with Gasteiger partial charge in [0.2, 0.25) is 11.7 Å². The highest BCUT2D eigenvalue weighted by Crippen LogP contribution is 2.21. The van der Waals surface area contributed by atoms with Crippen molar-refractivity contribution in [3.63, 3.8) is 0 Å². The van der Waals surface area contributed by atoms with Gasteiger partial charge in [-0.05, 0) is 37.4 Å². The highest BCUT2D eigenvalue weighted by atomic mass is 32.1. The second-order valence-corrected chi connectivity index (χ2v) is 5.71. The van der Waals surface area contributed by atoms with Crippen molar-refractivity contribution in [1.82, 2.24) is 15.0 Å². The minimum absolute atomic E-state index is 0.0815. The molecule has 0 saturated heterocycles. The Morgan fingerprint density at radius 1 is 1.48 bits per heavy atom. The van der Waals surface area contributed by atoms with Crippen LogP contribution in [-0.2, 0) is 11.2 Å². The molecule has 0 aromatic carbocycles. The standard InChI is InChI=1S/C14H19N3O3S/c1-2-7-17(10-13(18)19)8-3-6-12-15-14(16-20-12)11-5-4-9-21-11/h4-5,9H,2-3,6-8,10H2,1H3,(H,18,19). The molecule has 6 nitrogen and oxygen atoms in total. The highest BCUT2D eigenvalue weighted by Gasteiger charge is 2.11. The Balaban J connectivity index is 1.81. The smallest absolute Gasteiger partial charge is 0.317 e. The first-order valence-corrected chi connectivity index (χ1v) is 7.87. The van der Waals surface area contributed by atoms with Gasteiger partial charge in [-0.25, -0.2) is 0 Å². The summed E-state index contributed by atoms with van der Waals surface area (Å²) in [6.45, 7) is 3.63. The largest absolute Gasteiger partial charge is 0.480 e. The molecule has 0 unspecified atom stereocenters. The van der Waals surface area contributed by atoms with Crippen molar-refractivity contribution in [3.05, 3.63) is 23.4 Å². The van der Waals surface area contributed by atoms with Gasteiger partial charge in [-0.3, -0.25) is 9.69 Å². The number of thiophene rings is 1. The molecule has 2 heterocycles. The molecule has 2 aromatic rings. The van der Waals surface area contributed by atoms with Crippen LogP contribution in [0.2, 0.25) is 0 Å². The Morgan fingerprint density at radius 2 is 2.33 bits per heavy atom. The zero-order chi connectivity index (χ0) is 15.1. The molecule has 0 radical (unpaired) electrons. The fraction of sp³-hybridized carbons (Fsp3) is 0.500. The number of hydrogen-bond acceptors (Lipinski definition) is 6. The van der Waals surface area contributed by atoms with Crippen LogP contribution in [0.4, 0.5) is 0 Å². The Morgan fingerprint density at radius 3 is 3.00 bits per heavy atom. The highest BCUT2D eigenvalue weighted by molar-refractivity contribution is 7.13. The van der Waals surface area contributed by atoms with Crippen molar-refractivity contribution in [3.8, 4) is 10.7 Å². The number of carboxylic acid groups (broad SMARTS) is 1. The number of hydrogen-bond donors (Lipinski definition) is 1. The molecule has 0 atom stereocenters. The summed E-state index contributed by atoms with van der Waals surface area (Å²) in [6, 6.07) is 3.90. The van der Waals surface area contributed by atoms with Crippen molar-refractivity contribution in [1.29, 1.82) is 0 Å². The Kier molecular flexibility index (Phi) is 5.89. The van der Waals surface area contributed by atoms with Gasteiger partial charge >= 0.3 is 5.97 Å². The minimum atomic E-state index is -0.791. The second-order valence-electron chi connectivity index (χ2n) is 4.76. The van der Waals surface area contributed by atoms with Crippen LogP contribution in [0, 0.1) is 0 Å². The molecule has 0 fully saturated rings. The van der Waals surface area contributed by atoms with E-state index in [-0.39, 0.29) is 6.54 Å². The van der Waals surface area contributed by atoms with Gasteiger partial charge in [0.1, 0.15) is 0 Å². The second kappa shape index (κ2) is 7.90. The van der Waals surface area contributed by atoms with Gasteiger partial charge in [0.25, 0.3) is 0 Å². The molecule has 0 amide bonds. The molecule has 21 heavy (non-hydrogen) atoms. The summed E-state index contributed by atoms with van der Waals surface area (Å²) in [6.07, 6.45) is 2.41. The van der Waals surface area contributed by atoms with E-state index in [1.807, 2.05) is 29.3 Å². The predicted octanol–water partition coefficient (Wildman–Crippen LogP) is 2.53. The maximum Gasteiger partial charge on any atom is 0.317 e. The topological polar surface area (TPSA) is 79.5 Å². The fourth-order valence-corrected chi connectivity index (χ4v) is 2.74. The monoisotopic (exact) mass is 309 g/mol. The van der Waals surface area contributed by atoms with Crippen LogP contribution in [0.5, 0.6) is 0 Å². The molecule has 0 aliphatic carbocycles. The number of rotatable bonds is 9. The molecular weight excluding hydrogens is 290 g/mol. The van der Waals surface area contributed by atoms with Crippen molar-refractivity contribution in [2.75, 3.05) is 19.6 Å². The zero-order valence-corrected chi connectivity index (χ0v) is 12.8. The Hall–Kier alpha value is -1.73. The summed E-state index contributed by atoms with van der Waals surface area (Å²) < 4.78 is 5.22. The van der Waals surface area contributed by atoms with E-state index in [2.05, 4.69) is 10.1 Å². The molecule has 0 aliphatic heterocycles. The van der Waals surface area contributed by atoms with E-state index in [9.17, 15) is 4.79 Å². The van der Waals surface area contributed by atoms with Crippen LogP contribution >= 0.6 is 11.3 Å². The van der Waals surface area contributed by atoms with Gasteiger partial charge in [0.15, 0.2) is 0 Å². The zero-order valence-electron chi connectivity index (χ0n) is 12.0. The first kappa shape index (κ1) is 15.7. The molecule has 0 saturated carbocycles. The van der Waals surface area contributed by atoms with Gasteiger partial charge in [0.05, 0.1) is 11.4 Å². The maximum absolute atomic E-state index is 10.8. The number of aromatic nitrogens is 2. The molecular formula is C14H19N3O3S.